The van der Waals surface area contributed by atoms with Gasteiger partial charge >= 0.3 is 0 Å². The van der Waals surface area contributed by atoms with Gasteiger partial charge in [-0.3, -0.25) is 0 Å². The van der Waals surface area contributed by atoms with Gasteiger partial charge in [-0.05, 0) is 35.7 Å². The summed E-state index contributed by atoms with van der Waals surface area (Å²) in [6.45, 7) is 4.56. The number of anilines is 1. The number of aromatic nitrogens is 2. The van der Waals surface area contributed by atoms with Crippen molar-refractivity contribution < 1.29 is 13.5 Å². The monoisotopic (exact) mass is 387 g/mol. The third kappa shape index (κ3) is 4.24. The maximum absolute atomic E-state index is 12.6. The predicted octanol–water partition coefficient (Wildman–Crippen LogP) is 1.000. The van der Waals surface area contributed by atoms with Gasteiger partial charge < -0.3 is 10.0 Å². The van der Waals surface area contributed by atoms with Crippen LogP contribution in [0.2, 0.25) is 0 Å². The number of β-amino-alcohol motifs (C(OH)–C–C–N with tert-alkyl or cyclic N) is 1. The first-order chi connectivity index (χ1) is 12.8. The minimum absolute atomic E-state index is 0.163. The summed E-state index contributed by atoms with van der Waals surface area (Å²) in [6.07, 6.45) is -0.882. The van der Waals surface area contributed by atoms with Gasteiger partial charge in [-0.15, -0.1) is 10.2 Å². The van der Waals surface area contributed by atoms with Crippen molar-refractivity contribution in [3.05, 3.63) is 47.7 Å². The third-order valence-electron chi connectivity index (χ3n) is 4.54. The minimum atomic E-state index is -3.75. The molecule has 2 N–H and O–H groups in total. The van der Waals surface area contributed by atoms with E-state index in [4.69, 9.17) is 5.26 Å². The second-order valence-corrected chi connectivity index (χ2v) is 8.53. The van der Waals surface area contributed by atoms with E-state index < -0.39 is 22.2 Å². The summed E-state index contributed by atoms with van der Waals surface area (Å²) in [5.74, 6) is 0.796. The Bertz CT molecular complexity index is 936. The first kappa shape index (κ1) is 19.2. The summed E-state index contributed by atoms with van der Waals surface area (Å²) in [4.78, 5) is 1.89. The van der Waals surface area contributed by atoms with Crippen molar-refractivity contribution in [1.29, 1.82) is 5.26 Å². The van der Waals surface area contributed by atoms with E-state index in [0.717, 1.165) is 5.56 Å². The molecule has 0 spiro atoms. The van der Waals surface area contributed by atoms with E-state index in [1.54, 1.807) is 35.2 Å². The number of hydrogen-bond donors (Lipinski definition) is 2. The molecule has 2 heterocycles. The van der Waals surface area contributed by atoms with Crippen molar-refractivity contribution in [1.82, 2.24) is 14.9 Å². The van der Waals surface area contributed by atoms with Gasteiger partial charge in [-0.1, -0.05) is 26.0 Å². The summed E-state index contributed by atoms with van der Waals surface area (Å²) in [7, 11) is -3.75. The van der Waals surface area contributed by atoms with Crippen LogP contribution in [0, 0.1) is 11.3 Å². The molecule has 0 unspecified atom stereocenters. The lowest BCUT2D eigenvalue weighted by Crippen LogP contribution is -2.42. The average molecular weight is 387 g/mol. The molecule has 0 aliphatic carbocycles. The van der Waals surface area contributed by atoms with Crippen molar-refractivity contribution in [3.8, 4) is 6.07 Å². The molecule has 1 saturated heterocycles. The van der Waals surface area contributed by atoms with Gasteiger partial charge in [-0.2, -0.15) is 5.26 Å². The topological polar surface area (TPSA) is 119 Å². The zero-order valence-electron chi connectivity index (χ0n) is 15.1. The largest absolute Gasteiger partial charge is 0.390 e. The highest BCUT2D eigenvalue weighted by atomic mass is 32.2. The number of nitrogens with one attached hydrogen (secondary N) is 1. The van der Waals surface area contributed by atoms with Crippen LogP contribution in [0.25, 0.3) is 0 Å². The Balaban J connectivity index is 1.71. The number of benzene rings is 1. The van der Waals surface area contributed by atoms with Crippen LogP contribution in [0.4, 0.5) is 5.82 Å². The summed E-state index contributed by atoms with van der Waals surface area (Å²) in [6, 6.07) is 11.1. The maximum atomic E-state index is 12.6. The molecule has 0 bridgehead atoms. The lowest BCUT2D eigenvalue weighted by molar-refractivity contribution is 0.174. The number of aliphatic hydroxyl groups excluding tert-OH is 1. The van der Waals surface area contributed by atoms with Crippen molar-refractivity contribution in [2.24, 2.45) is 0 Å². The maximum Gasteiger partial charge on any atom is 0.240 e. The predicted molar refractivity (Wildman–Crippen MR) is 99.6 cm³/mol. The van der Waals surface area contributed by atoms with Crippen molar-refractivity contribution in [3.63, 3.8) is 0 Å². The fourth-order valence-electron chi connectivity index (χ4n) is 2.94. The molecule has 1 aromatic carbocycles. The smallest absolute Gasteiger partial charge is 0.240 e. The van der Waals surface area contributed by atoms with Crippen LogP contribution in [-0.2, 0) is 10.0 Å². The summed E-state index contributed by atoms with van der Waals surface area (Å²) in [5.41, 5.74) is 1.25. The number of aliphatic hydroxyl groups is 1. The first-order valence-electron chi connectivity index (χ1n) is 8.59. The molecule has 0 amide bonds. The molecular formula is C18H21N5O3S. The summed E-state index contributed by atoms with van der Waals surface area (Å²) < 4.78 is 27.8. The Hall–Kier alpha value is -2.54. The van der Waals surface area contributed by atoms with Crippen molar-refractivity contribution >= 4 is 15.8 Å². The number of nitriles is 1. The van der Waals surface area contributed by atoms with E-state index in [-0.39, 0.29) is 23.7 Å². The number of rotatable bonds is 5. The second-order valence-electron chi connectivity index (χ2n) is 6.81. The molecule has 3 rings (SSSR count). The average Bonchev–Trinajstić information content (AvgIpc) is 3.01. The number of hydrogen-bond acceptors (Lipinski definition) is 7. The van der Waals surface area contributed by atoms with E-state index >= 15 is 0 Å². The zero-order valence-corrected chi connectivity index (χ0v) is 15.9. The molecule has 0 radical (unpaired) electrons. The van der Waals surface area contributed by atoms with Gasteiger partial charge in [0.25, 0.3) is 0 Å². The molecule has 2 aromatic rings. The second kappa shape index (κ2) is 7.60. The van der Waals surface area contributed by atoms with Crippen molar-refractivity contribution in [2.75, 3.05) is 18.0 Å². The van der Waals surface area contributed by atoms with Crippen LogP contribution in [0.1, 0.15) is 31.0 Å². The SMILES string of the molecule is CC(C)c1ccc(S(=O)(=O)N[C@H]2CN(c3ccc(C#N)nn3)C[C@@H]2O)cc1. The van der Waals surface area contributed by atoms with Crippen molar-refractivity contribution in [2.45, 2.75) is 36.8 Å². The van der Waals surface area contributed by atoms with Crippen LogP contribution >= 0.6 is 0 Å². The highest BCUT2D eigenvalue weighted by Crippen LogP contribution is 2.21. The molecule has 142 valence electrons. The molecule has 8 nitrogen and oxygen atoms in total. The normalized spacial score (nSPS) is 20.0. The molecule has 0 saturated carbocycles. The van der Waals surface area contributed by atoms with E-state index in [2.05, 4.69) is 14.9 Å². The van der Waals surface area contributed by atoms with Crippen LogP contribution in [0.5, 0.6) is 0 Å². The van der Waals surface area contributed by atoms with Gasteiger partial charge in [0.15, 0.2) is 11.5 Å². The van der Waals surface area contributed by atoms with E-state index in [1.807, 2.05) is 19.9 Å². The third-order valence-corrected chi connectivity index (χ3v) is 6.05. The number of nitrogens with zero attached hydrogens (tertiary/aromatic N) is 4. The number of sulfonamides is 1. The van der Waals surface area contributed by atoms with E-state index in [0.29, 0.717) is 11.7 Å². The first-order valence-corrected chi connectivity index (χ1v) is 10.1. The van der Waals surface area contributed by atoms with Gasteiger partial charge in [0.1, 0.15) is 6.07 Å². The van der Waals surface area contributed by atoms with Crippen LogP contribution in [0.3, 0.4) is 0 Å². The van der Waals surface area contributed by atoms with Gasteiger partial charge in [0.05, 0.1) is 17.0 Å². The standard InChI is InChI=1S/C18H21N5O3S/c1-12(2)13-3-6-15(7-4-13)27(25,26)22-16-10-23(11-17(16)24)18-8-5-14(9-19)20-21-18/h3-8,12,16-17,22,24H,10-11H2,1-2H3/t16-,17-/m0/s1. The van der Waals surface area contributed by atoms with Crippen LogP contribution in [0.15, 0.2) is 41.3 Å². The Labute approximate surface area is 158 Å². The molecule has 1 aliphatic heterocycles. The molecule has 9 heteroatoms. The molecule has 1 fully saturated rings. The quantitative estimate of drug-likeness (QED) is 0.785. The summed E-state index contributed by atoms with van der Waals surface area (Å²) in [5, 5.41) is 26.8. The molecular weight excluding hydrogens is 366 g/mol. The van der Waals surface area contributed by atoms with E-state index in [9.17, 15) is 13.5 Å². The Kier molecular flexibility index (Phi) is 5.41. The van der Waals surface area contributed by atoms with Crippen LogP contribution in [-0.4, -0.2) is 49.0 Å². The Morgan fingerprint density at radius 2 is 1.89 bits per heavy atom. The Morgan fingerprint density at radius 1 is 1.19 bits per heavy atom. The highest BCUT2D eigenvalue weighted by Gasteiger charge is 2.35. The van der Waals surface area contributed by atoms with Crippen LogP contribution < -0.4 is 9.62 Å². The highest BCUT2D eigenvalue weighted by molar-refractivity contribution is 7.89. The Morgan fingerprint density at radius 3 is 2.44 bits per heavy atom. The van der Waals surface area contributed by atoms with Gasteiger partial charge in [0, 0.05) is 13.1 Å². The van der Waals surface area contributed by atoms with Gasteiger partial charge in [-0.25, -0.2) is 13.1 Å². The fourth-order valence-corrected chi connectivity index (χ4v) is 4.20. The summed E-state index contributed by atoms with van der Waals surface area (Å²) >= 11 is 0. The lowest BCUT2D eigenvalue weighted by atomic mass is 10.0. The van der Waals surface area contributed by atoms with E-state index in [1.165, 1.54) is 6.07 Å². The zero-order chi connectivity index (χ0) is 19.6. The molecule has 2 atom stereocenters. The fraction of sp³-hybridized carbons (Fsp3) is 0.389. The van der Waals surface area contributed by atoms with Gasteiger partial charge in [0.2, 0.25) is 10.0 Å². The lowest BCUT2D eigenvalue weighted by Gasteiger charge is -2.17. The molecule has 27 heavy (non-hydrogen) atoms. The molecule has 1 aliphatic rings. The molecule has 1 aromatic heterocycles. The minimum Gasteiger partial charge on any atom is -0.390 e.